The van der Waals surface area contributed by atoms with E-state index in [-0.39, 0.29) is 24.9 Å². The number of fused-ring (bicyclic) bond motifs is 2. The van der Waals surface area contributed by atoms with Gasteiger partial charge in [0.25, 0.3) is 0 Å². The first kappa shape index (κ1) is 21.0. The van der Waals surface area contributed by atoms with E-state index in [0.717, 1.165) is 33.4 Å². The van der Waals surface area contributed by atoms with Crippen LogP contribution in [0.2, 0.25) is 0 Å². The average molecular weight is 456 g/mol. The maximum atomic E-state index is 9.96. The third kappa shape index (κ3) is 3.77. The Labute approximate surface area is 197 Å². The van der Waals surface area contributed by atoms with Crippen molar-refractivity contribution in [2.45, 2.75) is 24.4 Å². The SMILES string of the molecule is C/N=C/c1cc2[nH]c(O[C@@H]3CO[C@H]4[C@@H]3OC[C@H]4O)cc2nc1-c1ccc(-c2ccccc2)cc1. The lowest BCUT2D eigenvalue weighted by atomic mass is 10.0. The number of ether oxygens (including phenoxy) is 3. The second-order valence-electron chi connectivity index (χ2n) is 8.64. The highest BCUT2D eigenvalue weighted by atomic mass is 16.6. The molecule has 2 fully saturated rings. The summed E-state index contributed by atoms with van der Waals surface area (Å²) >= 11 is 0. The molecular weight excluding hydrogens is 430 g/mol. The number of aliphatic hydroxyl groups is 1. The van der Waals surface area contributed by atoms with E-state index in [1.54, 1.807) is 7.05 Å². The normalized spacial score (nSPS) is 24.2. The standard InChI is InChI=1S/C27H25N3O4/c1-28-13-19-11-20-21(12-24(29-20)34-23-15-33-26-22(31)14-32-27(23)26)30-25(19)18-9-7-17(8-10-18)16-5-3-2-4-6-16/h2-13,22-23,26-27,29,31H,14-15H2,1H3/b28-13+/t22-,23-,26-,27-/m1/s1. The fourth-order valence-electron chi connectivity index (χ4n) is 4.74. The van der Waals surface area contributed by atoms with Crippen LogP contribution in [0, 0.1) is 0 Å². The zero-order valence-electron chi connectivity index (χ0n) is 18.7. The van der Waals surface area contributed by atoms with Gasteiger partial charge in [-0.15, -0.1) is 0 Å². The highest BCUT2D eigenvalue weighted by Crippen LogP contribution is 2.32. The van der Waals surface area contributed by atoms with Crippen LogP contribution in [0.5, 0.6) is 5.88 Å². The van der Waals surface area contributed by atoms with Gasteiger partial charge in [-0.05, 0) is 17.2 Å². The zero-order chi connectivity index (χ0) is 23.1. The van der Waals surface area contributed by atoms with Gasteiger partial charge in [0.2, 0.25) is 0 Å². The molecule has 2 aromatic heterocycles. The van der Waals surface area contributed by atoms with Crippen molar-refractivity contribution in [3.63, 3.8) is 0 Å². The third-order valence-electron chi connectivity index (χ3n) is 6.40. The zero-order valence-corrected chi connectivity index (χ0v) is 18.7. The van der Waals surface area contributed by atoms with Crippen LogP contribution in [0.4, 0.5) is 0 Å². The number of pyridine rings is 1. The molecule has 4 heterocycles. The molecule has 0 unspecified atom stereocenters. The molecule has 0 saturated carbocycles. The van der Waals surface area contributed by atoms with Gasteiger partial charge in [0, 0.05) is 30.5 Å². The first-order chi connectivity index (χ1) is 16.7. The number of aliphatic hydroxyl groups excluding tert-OH is 1. The maximum absolute atomic E-state index is 9.96. The van der Waals surface area contributed by atoms with Crippen LogP contribution >= 0.6 is 0 Å². The Morgan fingerprint density at radius 3 is 2.50 bits per heavy atom. The molecule has 7 nitrogen and oxygen atoms in total. The van der Waals surface area contributed by atoms with Gasteiger partial charge >= 0.3 is 0 Å². The first-order valence-electron chi connectivity index (χ1n) is 11.4. The van der Waals surface area contributed by atoms with Crippen LogP contribution in [0.1, 0.15) is 5.56 Å². The third-order valence-corrected chi connectivity index (χ3v) is 6.40. The van der Waals surface area contributed by atoms with E-state index in [0.29, 0.717) is 12.5 Å². The minimum atomic E-state index is -0.602. The number of aromatic amines is 1. The summed E-state index contributed by atoms with van der Waals surface area (Å²) in [6, 6.07) is 22.6. The van der Waals surface area contributed by atoms with E-state index in [1.165, 1.54) is 5.56 Å². The van der Waals surface area contributed by atoms with Crippen LogP contribution in [-0.4, -0.2) is 66.0 Å². The van der Waals surface area contributed by atoms with Crippen molar-refractivity contribution in [2.24, 2.45) is 4.99 Å². The fraction of sp³-hybridized carbons (Fsp3) is 0.259. The fourth-order valence-corrected chi connectivity index (χ4v) is 4.74. The summed E-state index contributed by atoms with van der Waals surface area (Å²) in [6.07, 6.45) is 0.338. The van der Waals surface area contributed by atoms with E-state index in [9.17, 15) is 5.11 Å². The molecule has 2 aliphatic rings. The molecule has 0 aliphatic carbocycles. The smallest absolute Gasteiger partial charge is 0.193 e. The van der Waals surface area contributed by atoms with Crippen LogP contribution in [0.3, 0.4) is 0 Å². The number of nitrogens with zero attached hydrogens (tertiary/aromatic N) is 2. The second kappa shape index (κ2) is 8.68. The van der Waals surface area contributed by atoms with Crippen molar-refractivity contribution in [1.82, 2.24) is 9.97 Å². The van der Waals surface area contributed by atoms with E-state index < -0.39 is 6.10 Å². The van der Waals surface area contributed by atoms with Crippen LogP contribution < -0.4 is 4.74 Å². The lowest BCUT2D eigenvalue weighted by molar-refractivity contribution is 0.00794. The molecule has 0 radical (unpaired) electrons. The van der Waals surface area contributed by atoms with E-state index in [4.69, 9.17) is 19.2 Å². The largest absolute Gasteiger partial charge is 0.470 e. The minimum Gasteiger partial charge on any atom is -0.470 e. The lowest BCUT2D eigenvalue weighted by Crippen LogP contribution is -2.34. The summed E-state index contributed by atoms with van der Waals surface area (Å²) in [7, 11) is 1.75. The first-order valence-corrected chi connectivity index (χ1v) is 11.4. The van der Waals surface area contributed by atoms with E-state index in [2.05, 4.69) is 46.4 Å². The Morgan fingerprint density at radius 2 is 1.71 bits per heavy atom. The summed E-state index contributed by atoms with van der Waals surface area (Å²) in [5, 5.41) is 9.96. The topological polar surface area (TPSA) is 89.0 Å². The number of aliphatic imine (C=N–C) groups is 1. The van der Waals surface area contributed by atoms with Crippen molar-refractivity contribution >= 4 is 17.2 Å². The number of hydrogen-bond acceptors (Lipinski definition) is 6. The Morgan fingerprint density at radius 1 is 0.971 bits per heavy atom. The van der Waals surface area contributed by atoms with Gasteiger partial charge in [0.05, 0.1) is 29.9 Å². The van der Waals surface area contributed by atoms with Gasteiger partial charge in [-0.2, -0.15) is 0 Å². The molecule has 172 valence electrons. The van der Waals surface area contributed by atoms with Gasteiger partial charge in [-0.25, -0.2) is 4.98 Å². The molecular formula is C27H25N3O4. The van der Waals surface area contributed by atoms with E-state index >= 15 is 0 Å². The molecule has 4 atom stereocenters. The van der Waals surface area contributed by atoms with Crippen molar-refractivity contribution in [3.05, 3.63) is 72.3 Å². The molecule has 2 saturated heterocycles. The summed E-state index contributed by atoms with van der Waals surface area (Å²) in [6.45, 7) is 0.650. The highest BCUT2D eigenvalue weighted by Gasteiger charge is 2.48. The quantitative estimate of drug-likeness (QED) is 0.446. The van der Waals surface area contributed by atoms with Gasteiger partial charge in [-0.1, -0.05) is 54.6 Å². The number of rotatable bonds is 5. The number of hydrogen-bond donors (Lipinski definition) is 2. The molecule has 2 aliphatic heterocycles. The molecule has 0 amide bonds. The van der Waals surface area contributed by atoms with Crippen molar-refractivity contribution in [3.8, 4) is 28.3 Å². The molecule has 7 heteroatoms. The number of aromatic nitrogens is 2. The molecule has 2 aromatic carbocycles. The molecule has 0 spiro atoms. The molecule has 2 N–H and O–H groups in total. The molecule has 34 heavy (non-hydrogen) atoms. The number of benzene rings is 2. The Hall–Kier alpha value is -3.52. The predicted octanol–water partition coefficient (Wildman–Crippen LogP) is 3.85. The van der Waals surface area contributed by atoms with Gasteiger partial charge in [0.15, 0.2) is 12.0 Å². The van der Waals surface area contributed by atoms with Crippen molar-refractivity contribution < 1.29 is 19.3 Å². The monoisotopic (exact) mass is 455 g/mol. The molecule has 0 bridgehead atoms. The molecule has 4 aromatic rings. The van der Waals surface area contributed by atoms with Crippen LogP contribution in [-0.2, 0) is 9.47 Å². The van der Waals surface area contributed by atoms with Crippen molar-refractivity contribution in [1.29, 1.82) is 0 Å². The highest BCUT2D eigenvalue weighted by molar-refractivity contribution is 5.95. The lowest BCUT2D eigenvalue weighted by Gasteiger charge is -2.16. The maximum Gasteiger partial charge on any atom is 0.193 e. The number of H-pyrrole nitrogens is 1. The van der Waals surface area contributed by atoms with Crippen LogP contribution in [0.25, 0.3) is 33.4 Å². The molecule has 6 rings (SSSR count). The number of nitrogens with one attached hydrogen (secondary N) is 1. The van der Waals surface area contributed by atoms with E-state index in [1.807, 2.05) is 36.5 Å². The van der Waals surface area contributed by atoms with Gasteiger partial charge in [-0.3, -0.25) is 4.99 Å². The average Bonchev–Trinajstić information content (AvgIpc) is 3.56. The Bertz CT molecular complexity index is 1330. The second-order valence-corrected chi connectivity index (χ2v) is 8.64. The van der Waals surface area contributed by atoms with Gasteiger partial charge < -0.3 is 24.3 Å². The summed E-state index contributed by atoms with van der Waals surface area (Å²) < 4.78 is 17.5. The van der Waals surface area contributed by atoms with Crippen molar-refractivity contribution in [2.75, 3.05) is 20.3 Å². The summed E-state index contributed by atoms with van der Waals surface area (Å²) in [5.41, 5.74) is 6.78. The summed E-state index contributed by atoms with van der Waals surface area (Å²) in [5.74, 6) is 0.595. The minimum absolute atomic E-state index is 0.268. The van der Waals surface area contributed by atoms with Crippen LogP contribution in [0.15, 0.2) is 71.7 Å². The Balaban J connectivity index is 1.31. The Kier molecular flexibility index (Phi) is 5.37. The predicted molar refractivity (Wildman–Crippen MR) is 130 cm³/mol. The summed E-state index contributed by atoms with van der Waals surface area (Å²) in [4.78, 5) is 12.5. The van der Waals surface area contributed by atoms with Gasteiger partial charge in [0.1, 0.15) is 18.3 Å².